The second kappa shape index (κ2) is 1.84. The molecule has 1 aliphatic rings. The molecule has 1 aliphatic carbocycles. The maximum absolute atomic E-state index is 11.2. The van der Waals surface area contributed by atoms with Gasteiger partial charge in [-0.25, -0.2) is 0 Å². The van der Waals surface area contributed by atoms with Gasteiger partial charge in [-0.1, -0.05) is 20.8 Å². The zero-order valence-corrected chi connectivity index (χ0v) is 7.32. The number of ketones is 1. The van der Waals surface area contributed by atoms with Crippen molar-refractivity contribution in [2.45, 2.75) is 40.5 Å². The van der Waals surface area contributed by atoms with Crippen molar-refractivity contribution in [1.29, 1.82) is 0 Å². The Morgan fingerprint density at radius 1 is 1.40 bits per heavy atom. The number of rotatable bonds is 2. The van der Waals surface area contributed by atoms with E-state index in [1.54, 1.807) is 6.92 Å². The average molecular weight is 140 g/mol. The molecule has 0 saturated heterocycles. The van der Waals surface area contributed by atoms with Crippen LogP contribution in [0.4, 0.5) is 0 Å². The number of hydrogen-bond donors (Lipinski definition) is 0. The molecule has 1 nitrogen and oxygen atoms in total. The van der Waals surface area contributed by atoms with Crippen LogP contribution in [0.25, 0.3) is 0 Å². The molecule has 0 bridgehead atoms. The summed E-state index contributed by atoms with van der Waals surface area (Å²) in [4.78, 5) is 11.2. The van der Waals surface area contributed by atoms with Gasteiger partial charge in [0.15, 0.2) is 0 Å². The highest BCUT2D eigenvalue weighted by molar-refractivity contribution is 5.82. The first-order valence-electron chi connectivity index (χ1n) is 3.91. The van der Waals surface area contributed by atoms with Gasteiger partial charge in [-0.2, -0.15) is 0 Å². The topological polar surface area (TPSA) is 17.1 Å². The zero-order valence-electron chi connectivity index (χ0n) is 7.32. The SMILES string of the molecule is CC(=O)C(C)(C)C1(C)CC1. The summed E-state index contributed by atoms with van der Waals surface area (Å²) in [7, 11) is 0. The summed E-state index contributed by atoms with van der Waals surface area (Å²) in [6, 6.07) is 0. The first-order valence-corrected chi connectivity index (χ1v) is 3.91. The highest BCUT2D eigenvalue weighted by Gasteiger charge is 2.52. The van der Waals surface area contributed by atoms with E-state index in [1.807, 2.05) is 0 Å². The van der Waals surface area contributed by atoms with E-state index in [0.717, 1.165) is 0 Å². The molecule has 10 heavy (non-hydrogen) atoms. The van der Waals surface area contributed by atoms with E-state index in [0.29, 0.717) is 11.2 Å². The molecule has 1 fully saturated rings. The van der Waals surface area contributed by atoms with Crippen LogP contribution in [0.1, 0.15) is 40.5 Å². The molecule has 0 unspecified atom stereocenters. The molecule has 0 aromatic heterocycles. The van der Waals surface area contributed by atoms with Gasteiger partial charge >= 0.3 is 0 Å². The molecule has 1 heteroatoms. The van der Waals surface area contributed by atoms with Gasteiger partial charge in [0, 0.05) is 5.41 Å². The van der Waals surface area contributed by atoms with E-state index in [2.05, 4.69) is 20.8 Å². The molecular formula is C9H16O. The summed E-state index contributed by atoms with van der Waals surface area (Å²) in [5.74, 6) is 0.326. The number of carbonyl (C=O) groups excluding carboxylic acids is 1. The second-order valence-electron chi connectivity index (χ2n) is 4.24. The van der Waals surface area contributed by atoms with E-state index in [1.165, 1.54) is 12.8 Å². The Morgan fingerprint density at radius 2 is 1.80 bits per heavy atom. The predicted molar refractivity (Wildman–Crippen MR) is 41.8 cm³/mol. The molecule has 1 rings (SSSR count). The van der Waals surface area contributed by atoms with E-state index in [-0.39, 0.29) is 5.41 Å². The minimum atomic E-state index is -0.0903. The lowest BCUT2D eigenvalue weighted by molar-refractivity contribution is -0.128. The highest BCUT2D eigenvalue weighted by Crippen LogP contribution is 2.58. The highest BCUT2D eigenvalue weighted by atomic mass is 16.1. The summed E-state index contributed by atoms with van der Waals surface area (Å²) in [5.41, 5.74) is 0.228. The first kappa shape index (κ1) is 7.77. The fourth-order valence-corrected chi connectivity index (χ4v) is 1.24. The van der Waals surface area contributed by atoms with Crippen LogP contribution in [0.3, 0.4) is 0 Å². The third-order valence-corrected chi connectivity index (χ3v) is 3.39. The summed E-state index contributed by atoms with van der Waals surface area (Å²) >= 11 is 0. The molecular weight excluding hydrogens is 124 g/mol. The van der Waals surface area contributed by atoms with Gasteiger partial charge in [0.1, 0.15) is 5.78 Å². The maximum atomic E-state index is 11.2. The van der Waals surface area contributed by atoms with Crippen molar-refractivity contribution in [2.75, 3.05) is 0 Å². The van der Waals surface area contributed by atoms with Gasteiger partial charge in [-0.15, -0.1) is 0 Å². The van der Waals surface area contributed by atoms with E-state index in [9.17, 15) is 4.79 Å². The molecule has 0 radical (unpaired) electrons. The van der Waals surface area contributed by atoms with Gasteiger partial charge < -0.3 is 0 Å². The van der Waals surface area contributed by atoms with Crippen LogP contribution >= 0.6 is 0 Å². The molecule has 0 N–H and O–H groups in total. The summed E-state index contributed by atoms with van der Waals surface area (Å²) in [6.45, 7) is 8.02. The van der Waals surface area contributed by atoms with Crippen molar-refractivity contribution in [3.8, 4) is 0 Å². The Morgan fingerprint density at radius 3 is 1.90 bits per heavy atom. The molecule has 0 amide bonds. The summed E-state index contributed by atoms with van der Waals surface area (Å²) < 4.78 is 0. The standard InChI is InChI=1S/C9H16O/c1-7(10)8(2,3)9(4)5-6-9/h5-6H2,1-4H3. The Hall–Kier alpha value is -0.330. The monoisotopic (exact) mass is 140 g/mol. The quantitative estimate of drug-likeness (QED) is 0.575. The third kappa shape index (κ3) is 0.882. The number of Topliss-reactive ketones (excluding diaryl/α,β-unsaturated/α-hetero) is 1. The molecule has 0 aliphatic heterocycles. The van der Waals surface area contributed by atoms with E-state index >= 15 is 0 Å². The summed E-state index contributed by atoms with van der Waals surface area (Å²) in [5, 5.41) is 0. The van der Waals surface area contributed by atoms with Crippen LogP contribution in [0.2, 0.25) is 0 Å². The van der Waals surface area contributed by atoms with Crippen molar-refractivity contribution in [3.05, 3.63) is 0 Å². The molecule has 0 atom stereocenters. The van der Waals surface area contributed by atoms with Crippen LogP contribution in [0.5, 0.6) is 0 Å². The summed E-state index contributed by atoms with van der Waals surface area (Å²) in [6.07, 6.45) is 2.44. The number of carbonyl (C=O) groups is 1. The van der Waals surface area contributed by atoms with Gasteiger partial charge in [-0.3, -0.25) is 4.79 Å². The molecule has 0 spiro atoms. The predicted octanol–water partition coefficient (Wildman–Crippen LogP) is 2.40. The van der Waals surface area contributed by atoms with Gasteiger partial charge in [-0.05, 0) is 25.2 Å². The molecule has 0 aromatic carbocycles. The molecule has 0 aromatic rings. The lowest BCUT2D eigenvalue weighted by Gasteiger charge is -2.28. The number of hydrogen-bond acceptors (Lipinski definition) is 1. The average Bonchev–Trinajstić information content (AvgIpc) is 2.48. The smallest absolute Gasteiger partial charge is 0.135 e. The second-order valence-corrected chi connectivity index (χ2v) is 4.24. The Balaban J connectivity index is 2.77. The van der Waals surface area contributed by atoms with Crippen LogP contribution in [-0.2, 0) is 4.79 Å². The van der Waals surface area contributed by atoms with Crippen LogP contribution in [0, 0.1) is 10.8 Å². The zero-order chi connectivity index (χ0) is 7.99. The van der Waals surface area contributed by atoms with Crippen LogP contribution < -0.4 is 0 Å². The Kier molecular flexibility index (Phi) is 1.43. The minimum absolute atomic E-state index is 0.0903. The van der Waals surface area contributed by atoms with Gasteiger partial charge in [0.2, 0.25) is 0 Å². The normalized spacial score (nSPS) is 22.4. The fourth-order valence-electron chi connectivity index (χ4n) is 1.24. The lowest BCUT2D eigenvalue weighted by Crippen LogP contribution is -2.30. The van der Waals surface area contributed by atoms with Crippen molar-refractivity contribution < 1.29 is 4.79 Å². The molecule has 58 valence electrons. The molecule has 1 saturated carbocycles. The van der Waals surface area contributed by atoms with Crippen LogP contribution in [-0.4, -0.2) is 5.78 Å². The van der Waals surface area contributed by atoms with Crippen LogP contribution in [0.15, 0.2) is 0 Å². The minimum Gasteiger partial charge on any atom is -0.299 e. The molecule has 0 heterocycles. The van der Waals surface area contributed by atoms with Gasteiger partial charge in [0.25, 0.3) is 0 Å². The van der Waals surface area contributed by atoms with E-state index < -0.39 is 0 Å². The van der Waals surface area contributed by atoms with Crippen molar-refractivity contribution >= 4 is 5.78 Å². The van der Waals surface area contributed by atoms with Crippen molar-refractivity contribution in [1.82, 2.24) is 0 Å². The lowest BCUT2D eigenvalue weighted by atomic mass is 9.74. The van der Waals surface area contributed by atoms with Gasteiger partial charge in [0.05, 0.1) is 0 Å². The largest absolute Gasteiger partial charge is 0.299 e. The fraction of sp³-hybridized carbons (Fsp3) is 0.889. The van der Waals surface area contributed by atoms with Crippen molar-refractivity contribution in [2.24, 2.45) is 10.8 Å². The third-order valence-electron chi connectivity index (χ3n) is 3.39. The Bertz CT molecular complexity index is 164. The Labute approximate surface area is 62.8 Å². The maximum Gasteiger partial charge on any atom is 0.135 e. The first-order chi connectivity index (χ1) is 4.40. The van der Waals surface area contributed by atoms with E-state index in [4.69, 9.17) is 0 Å². The van der Waals surface area contributed by atoms with Crippen molar-refractivity contribution in [3.63, 3.8) is 0 Å².